The zero-order valence-corrected chi connectivity index (χ0v) is 15.5. The summed E-state index contributed by atoms with van der Waals surface area (Å²) in [7, 11) is 1.63. The minimum atomic E-state index is -4.73. The van der Waals surface area contributed by atoms with E-state index < -0.39 is 6.36 Å². The smallest absolute Gasteiger partial charge is 0.497 e. The van der Waals surface area contributed by atoms with Crippen molar-refractivity contribution in [3.05, 3.63) is 59.7 Å². The number of carbonyl (C=O) groups excluding carboxylic acids is 1. The maximum absolute atomic E-state index is 12.6. The van der Waals surface area contributed by atoms with Gasteiger partial charge in [-0.2, -0.15) is 0 Å². The normalized spacial score (nSPS) is 16.0. The van der Waals surface area contributed by atoms with Crippen LogP contribution in [0.4, 0.5) is 13.2 Å². The Morgan fingerprint density at radius 1 is 1.00 bits per heavy atom. The molecule has 0 saturated carbocycles. The molecule has 1 fully saturated rings. The van der Waals surface area contributed by atoms with Crippen LogP contribution in [-0.4, -0.2) is 37.2 Å². The lowest BCUT2D eigenvalue weighted by Gasteiger charge is -2.31. The van der Waals surface area contributed by atoms with Gasteiger partial charge < -0.3 is 9.47 Å². The van der Waals surface area contributed by atoms with Gasteiger partial charge in [0.1, 0.15) is 11.5 Å². The van der Waals surface area contributed by atoms with Crippen molar-refractivity contribution in [3.8, 4) is 11.5 Å². The Kier molecular flexibility index (Phi) is 6.24. The van der Waals surface area contributed by atoms with Crippen LogP contribution in [0, 0.1) is 5.92 Å². The lowest BCUT2D eigenvalue weighted by atomic mass is 9.88. The highest BCUT2D eigenvalue weighted by molar-refractivity contribution is 5.98. The highest BCUT2D eigenvalue weighted by Crippen LogP contribution is 2.26. The fourth-order valence-corrected chi connectivity index (χ4v) is 3.40. The minimum absolute atomic E-state index is 0.0253. The minimum Gasteiger partial charge on any atom is -0.497 e. The second-order valence-corrected chi connectivity index (χ2v) is 6.83. The number of likely N-dealkylation sites (tertiary alicyclic amines) is 1. The molecule has 0 spiro atoms. The highest BCUT2D eigenvalue weighted by Gasteiger charge is 2.31. The average molecular weight is 393 g/mol. The number of hydrogen-bond donors (Lipinski definition) is 0. The Bertz CT molecular complexity index is 780. The van der Waals surface area contributed by atoms with Gasteiger partial charge in [-0.3, -0.25) is 9.69 Å². The SMILES string of the molecule is COc1ccc(CN2CCC(C(=O)c3ccc(OC(F)(F)F)cc3)CC2)cc1. The van der Waals surface area contributed by atoms with Crippen LogP contribution < -0.4 is 9.47 Å². The molecule has 1 heterocycles. The summed E-state index contributed by atoms with van der Waals surface area (Å²) in [5.74, 6) is 0.363. The summed E-state index contributed by atoms with van der Waals surface area (Å²) in [6, 6.07) is 13.1. The van der Waals surface area contributed by atoms with Gasteiger partial charge in [0.15, 0.2) is 5.78 Å². The fourth-order valence-electron chi connectivity index (χ4n) is 3.40. The maximum atomic E-state index is 12.6. The number of ether oxygens (including phenoxy) is 2. The lowest BCUT2D eigenvalue weighted by Crippen LogP contribution is -2.35. The molecule has 0 radical (unpaired) electrons. The molecule has 1 saturated heterocycles. The van der Waals surface area contributed by atoms with Crippen molar-refractivity contribution in [1.82, 2.24) is 4.90 Å². The first-order chi connectivity index (χ1) is 13.3. The van der Waals surface area contributed by atoms with Gasteiger partial charge in [0.05, 0.1) is 7.11 Å². The summed E-state index contributed by atoms with van der Waals surface area (Å²) in [4.78, 5) is 14.9. The highest BCUT2D eigenvalue weighted by atomic mass is 19.4. The zero-order chi connectivity index (χ0) is 20.1. The largest absolute Gasteiger partial charge is 0.573 e. The molecule has 0 amide bonds. The van der Waals surface area contributed by atoms with Crippen molar-refractivity contribution in [1.29, 1.82) is 0 Å². The van der Waals surface area contributed by atoms with Crippen LogP contribution in [0.5, 0.6) is 11.5 Å². The van der Waals surface area contributed by atoms with Crippen molar-refractivity contribution >= 4 is 5.78 Å². The van der Waals surface area contributed by atoms with Crippen molar-refractivity contribution in [3.63, 3.8) is 0 Å². The molecule has 0 unspecified atom stereocenters. The summed E-state index contributed by atoms with van der Waals surface area (Å²) in [5, 5.41) is 0. The number of carbonyl (C=O) groups is 1. The Morgan fingerprint density at radius 2 is 1.57 bits per heavy atom. The summed E-state index contributed by atoms with van der Waals surface area (Å²) in [6.07, 6.45) is -3.27. The third kappa shape index (κ3) is 5.48. The van der Waals surface area contributed by atoms with Gasteiger partial charge in [0, 0.05) is 18.0 Å². The van der Waals surface area contributed by atoms with E-state index in [2.05, 4.69) is 9.64 Å². The first kappa shape index (κ1) is 20.2. The molecule has 1 aliphatic heterocycles. The maximum Gasteiger partial charge on any atom is 0.573 e. The Labute approximate surface area is 161 Å². The van der Waals surface area contributed by atoms with Crippen molar-refractivity contribution < 1.29 is 27.4 Å². The standard InChI is InChI=1S/C21H22F3NO3/c1-27-18-6-2-15(3-7-18)14-25-12-10-17(11-13-25)20(26)16-4-8-19(9-5-16)28-21(22,23)24/h2-9,17H,10-14H2,1H3. The number of hydrogen-bond acceptors (Lipinski definition) is 4. The third-order valence-electron chi connectivity index (χ3n) is 4.90. The topological polar surface area (TPSA) is 38.8 Å². The molecule has 28 heavy (non-hydrogen) atoms. The van der Waals surface area contributed by atoms with Crippen LogP contribution in [-0.2, 0) is 6.54 Å². The van der Waals surface area contributed by atoms with Gasteiger partial charge >= 0.3 is 6.36 Å². The predicted octanol–water partition coefficient (Wildman–Crippen LogP) is 4.69. The number of rotatable bonds is 6. The summed E-state index contributed by atoms with van der Waals surface area (Å²) in [6.45, 7) is 2.42. The first-order valence-corrected chi connectivity index (χ1v) is 9.09. The van der Waals surface area contributed by atoms with E-state index in [-0.39, 0.29) is 17.5 Å². The molecule has 4 nitrogen and oxygen atoms in total. The van der Waals surface area contributed by atoms with E-state index in [1.54, 1.807) is 7.11 Å². The number of nitrogens with zero attached hydrogens (tertiary/aromatic N) is 1. The van der Waals surface area contributed by atoms with E-state index in [0.29, 0.717) is 5.56 Å². The van der Waals surface area contributed by atoms with Crippen molar-refractivity contribution in [2.75, 3.05) is 20.2 Å². The van der Waals surface area contributed by atoms with Crippen LogP contribution in [0.25, 0.3) is 0 Å². The van der Waals surface area contributed by atoms with E-state index in [9.17, 15) is 18.0 Å². The van der Waals surface area contributed by atoms with E-state index in [0.717, 1.165) is 38.2 Å². The number of alkyl halides is 3. The molecule has 150 valence electrons. The molecule has 7 heteroatoms. The zero-order valence-electron chi connectivity index (χ0n) is 15.5. The summed E-state index contributed by atoms with van der Waals surface area (Å²) >= 11 is 0. The Morgan fingerprint density at radius 3 is 2.11 bits per heavy atom. The molecule has 0 bridgehead atoms. The number of methoxy groups -OCH3 is 1. The van der Waals surface area contributed by atoms with Crippen LogP contribution in [0.15, 0.2) is 48.5 Å². The van der Waals surface area contributed by atoms with Crippen molar-refractivity contribution in [2.45, 2.75) is 25.7 Å². The fraction of sp³-hybridized carbons (Fsp3) is 0.381. The number of halogens is 3. The van der Waals surface area contributed by atoms with E-state index in [1.807, 2.05) is 24.3 Å². The van der Waals surface area contributed by atoms with Crippen molar-refractivity contribution in [2.24, 2.45) is 5.92 Å². The lowest BCUT2D eigenvalue weighted by molar-refractivity contribution is -0.274. The molecule has 2 aromatic rings. The van der Waals surface area contributed by atoms with Gasteiger partial charge in [-0.1, -0.05) is 12.1 Å². The molecule has 3 rings (SSSR count). The Balaban J connectivity index is 1.51. The van der Waals surface area contributed by atoms with Crippen LogP contribution in [0.1, 0.15) is 28.8 Å². The van der Waals surface area contributed by atoms with E-state index in [1.165, 1.54) is 29.8 Å². The quantitative estimate of drug-likeness (QED) is 0.668. The first-order valence-electron chi connectivity index (χ1n) is 9.09. The van der Waals surface area contributed by atoms with Gasteiger partial charge in [0.25, 0.3) is 0 Å². The number of benzene rings is 2. The number of piperidine rings is 1. The molecule has 0 atom stereocenters. The molecule has 0 aliphatic carbocycles. The van der Waals surface area contributed by atoms with Crippen LogP contribution >= 0.6 is 0 Å². The average Bonchev–Trinajstić information content (AvgIpc) is 2.68. The third-order valence-corrected chi connectivity index (χ3v) is 4.90. The molecule has 2 aromatic carbocycles. The molecule has 0 N–H and O–H groups in total. The molecular formula is C21H22F3NO3. The van der Waals surface area contributed by atoms with Crippen LogP contribution in [0.3, 0.4) is 0 Å². The monoisotopic (exact) mass is 393 g/mol. The number of ketones is 1. The second-order valence-electron chi connectivity index (χ2n) is 6.83. The number of Topliss-reactive ketones (excluding diaryl/α,β-unsaturated/α-hetero) is 1. The second kappa shape index (κ2) is 8.65. The molecular weight excluding hydrogens is 371 g/mol. The van der Waals surface area contributed by atoms with Gasteiger partial charge in [0.2, 0.25) is 0 Å². The van der Waals surface area contributed by atoms with Gasteiger partial charge in [-0.25, -0.2) is 0 Å². The Hall–Kier alpha value is -2.54. The van der Waals surface area contributed by atoms with Crippen LogP contribution in [0.2, 0.25) is 0 Å². The van der Waals surface area contributed by atoms with Gasteiger partial charge in [-0.05, 0) is 67.9 Å². The predicted molar refractivity (Wildman–Crippen MR) is 98.5 cm³/mol. The summed E-state index contributed by atoms with van der Waals surface area (Å²) < 4.78 is 45.7. The van der Waals surface area contributed by atoms with Gasteiger partial charge in [-0.15, -0.1) is 13.2 Å². The summed E-state index contributed by atoms with van der Waals surface area (Å²) in [5.41, 5.74) is 1.61. The van der Waals surface area contributed by atoms with E-state index >= 15 is 0 Å². The van der Waals surface area contributed by atoms with E-state index in [4.69, 9.17) is 4.74 Å². The molecule has 1 aliphatic rings. The molecule has 0 aromatic heterocycles.